The van der Waals surface area contributed by atoms with Crippen molar-refractivity contribution in [2.75, 3.05) is 0 Å². The fraction of sp³-hybridized carbons (Fsp3) is 0.125. The minimum atomic E-state index is -0.710. The molecule has 0 aliphatic carbocycles. The zero-order valence-electron chi connectivity index (χ0n) is 12.3. The monoisotopic (exact) mass is 514 g/mol. The molecule has 7 heteroatoms. The minimum absolute atomic E-state index is 0.0858. The number of nitrogens with zero attached hydrogens (tertiary/aromatic N) is 3. The Morgan fingerprint density at radius 3 is 2.43 bits per heavy atom. The van der Waals surface area contributed by atoms with Gasteiger partial charge in [0.1, 0.15) is 0 Å². The van der Waals surface area contributed by atoms with Gasteiger partial charge in [-0.3, -0.25) is 13.5 Å². The Morgan fingerprint density at radius 2 is 1.87 bits per heavy atom. The summed E-state index contributed by atoms with van der Waals surface area (Å²) in [5.74, 6) is -1.41. The molecule has 2 aromatic heterocycles. The van der Waals surface area contributed by atoms with Gasteiger partial charge in [0, 0.05) is 23.4 Å². The van der Waals surface area contributed by atoms with Gasteiger partial charge in [-0.05, 0) is 31.7 Å². The number of hydrogen-bond donors (Lipinski definition) is 0. The summed E-state index contributed by atoms with van der Waals surface area (Å²) in [5, 5.41) is 4.21. The molecule has 0 atom stereocenters. The van der Waals surface area contributed by atoms with Crippen LogP contribution in [0.25, 0.3) is 16.9 Å². The average molecular weight is 515 g/mol. The van der Waals surface area contributed by atoms with Crippen LogP contribution in [0.15, 0.2) is 36.5 Å². The number of aromatic nitrogens is 3. The summed E-state index contributed by atoms with van der Waals surface area (Å²) in [6.07, 6.45) is 1.55. The van der Waals surface area contributed by atoms with Gasteiger partial charge in [0.2, 0.25) is 0 Å². The summed E-state index contributed by atoms with van der Waals surface area (Å²) in [4.78, 5) is 4.08. The fourth-order valence-electron chi connectivity index (χ4n) is 2.20. The van der Waals surface area contributed by atoms with Crippen LogP contribution in [0.1, 0.15) is 11.4 Å². The van der Waals surface area contributed by atoms with Crippen molar-refractivity contribution in [3.8, 4) is 16.9 Å². The number of halogens is 3. The van der Waals surface area contributed by atoms with Crippen molar-refractivity contribution in [3.05, 3.63) is 65.6 Å². The van der Waals surface area contributed by atoms with Crippen molar-refractivity contribution >= 4 is 9.42 Å². The summed E-state index contributed by atoms with van der Waals surface area (Å²) in [6.45, 7) is 3.61. The van der Waals surface area contributed by atoms with Crippen LogP contribution in [0.2, 0.25) is 0 Å². The first kappa shape index (κ1) is 17.8. The van der Waals surface area contributed by atoms with Gasteiger partial charge in [-0.25, -0.2) is 0 Å². The zero-order chi connectivity index (χ0) is 17.0. The van der Waals surface area contributed by atoms with Gasteiger partial charge in [0.15, 0.2) is 0 Å². The van der Waals surface area contributed by atoms with Crippen LogP contribution in [0, 0.1) is 31.5 Å². The first-order valence-corrected chi connectivity index (χ1v) is 9.36. The SMILES string of the molecule is Cc1cc(C)n(-c2[c-]c(-c3ccccn3)c(F)cc2F)n1.[Cl][Pt+]. The molecule has 0 saturated heterocycles. The molecule has 1 aromatic carbocycles. The maximum absolute atomic E-state index is 14.1. The number of benzene rings is 1. The van der Waals surface area contributed by atoms with Gasteiger partial charge in [0.05, 0.1) is 11.5 Å². The van der Waals surface area contributed by atoms with E-state index in [1.54, 1.807) is 50.1 Å². The fourth-order valence-corrected chi connectivity index (χ4v) is 2.20. The molecule has 3 aromatic rings. The van der Waals surface area contributed by atoms with Crippen LogP contribution in [0.4, 0.5) is 8.78 Å². The Hall–Kier alpha value is -1.58. The standard InChI is InChI=1S/C16H12F2N3.ClH.Pt/c1-10-7-11(2)21(20-10)16-8-12(13(17)9-14(16)18)15-5-3-4-6-19-15;;/h3-7,9H,1-2H3;1H;/q-1;;+2/p-1. The molecular formula is C16H12ClF2N3Pt. The van der Waals surface area contributed by atoms with E-state index in [4.69, 9.17) is 0 Å². The van der Waals surface area contributed by atoms with E-state index in [2.05, 4.69) is 25.6 Å². The molecule has 0 radical (unpaired) electrons. The van der Waals surface area contributed by atoms with Gasteiger partial charge in [-0.2, -0.15) is 5.10 Å². The summed E-state index contributed by atoms with van der Waals surface area (Å²) < 4.78 is 29.5. The Balaban J connectivity index is 0.000000924. The van der Waals surface area contributed by atoms with E-state index in [0.717, 1.165) is 17.5 Å². The number of rotatable bonds is 2. The van der Waals surface area contributed by atoms with E-state index in [0.29, 0.717) is 5.69 Å². The number of aryl methyl sites for hydroxylation is 2. The molecule has 122 valence electrons. The Bertz CT molecular complexity index is 807. The average Bonchev–Trinajstić information content (AvgIpc) is 2.89. The summed E-state index contributed by atoms with van der Waals surface area (Å²) >= 11 is 1.61. The van der Waals surface area contributed by atoms with Gasteiger partial charge in [-0.15, -0.1) is 6.07 Å². The zero-order valence-corrected chi connectivity index (χ0v) is 15.3. The normalized spacial score (nSPS) is 10.2. The third-order valence-corrected chi connectivity index (χ3v) is 3.10. The molecule has 0 unspecified atom stereocenters. The van der Waals surface area contributed by atoms with Crippen molar-refractivity contribution in [1.29, 1.82) is 0 Å². The molecular weight excluding hydrogens is 503 g/mol. The third kappa shape index (κ3) is 3.85. The van der Waals surface area contributed by atoms with Crippen LogP contribution in [0.3, 0.4) is 0 Å². The summed E-state index contributed by atoms with van der Waals surface area (Å²) in [7, 11) is 4.61. The van der Waals surface area contributed by atoms with E-state index < -0.39 is 11.6 Å². The van der Waals surface area contributed by atoms with Crippen LogP contribution >= 0.6 is 9.42 Å². The van der Waals surface area contributed by atoms with Crippen LogP contribution in [0.5, 0.6) is 0 Å². The van der Waals surface area contributed by atoms with Crippen molar-refractivity contribution in [3.63, 3.8) is 0 Å². The Labute approximate surface area is 148 Å². The first-order valence-electron chi connectivity index (χ1n) is 6.54. The van der Waals surface area contributed by atoms with Crippen molar-refractivity contribution < 1.29 is 27.6 Å². The first-order chi connectivity index (χ1) is 11.1. The predicted molar refractivity (Wildman–Crippen MR) is 80.9 cm³/mol. The Morgan fingerprint density at radius 1 is 1.13 bits per heavy atom. The summed E-state index contributed by atoms with van der Waals surface area (Å²) in [5.41, 5.74) is 2.12. The second-order valence-electron chi connectivity index (χ2n) is 4.74. The molecule has 0 aliphatic rings. The van der Waals surface area contributed by atoms with Gasteiger partial charge in [0.25, 0.3) is 0 Å². The molecule has 3 nitrogen and oxygen atoms in total. The van der Waals surface area contributed by atoms with E-state index >= 15 is 0 Å². The van der Waals surface area contributed by atoms with E-state index in [9.17, 15) is 8.78 Å². The quantitative estimate of drug-likeness (QED) is 0.477. The van der Waals surface area contributed by atoms with Gasteiger partial charge >= 0.3 is 28.2 Å². The molecule has 0 aliphatic heterocycles. The number of hydrogen-bond acceptors (Lipinski definition) is 2. The molecule has 0 saturated carbocycles. The molecule has 0 fully saturated rings. The van der Waals surface area contributed by atoms with Crippen molar-refractivity contribution in [2.24, 2.45) is 0 Å². The third-order valence-electron chi connectivity index (χ3n) is 3.10. The molecule has 0 N–H and O–H groups in total. The molecule has 0 amide bonds. The summed E-state index contributed by atoms with van der Waals surface area (Å²) in [6, 6.07) is 10.5. The molecule has 0 bridgehead atoms. The maximum atomic E-state index is 14.1. The second kappa shape index (κ2) is 7.80. The van der Waals surface area contributed by atoms with Gasteiger partial charge < -0.3 is 4.98 Å². The molecule has 0 spiro atoms. The van der Waals surface area contributed by atoms with E-state index in [-0.39, 0.29) is 11.3 Å². The van der Waals surface area contributed by atoms with Crippen LogP contribution in [-0.4, -0.2) is 14.8 Å². The van der Waals surface area contributed by atoms with Crippen molar-refractivity contribution in [2.45, 2.75) is 13.8 Å². The van der Waals surface area contributed by atoms with Crippen LogP contribution in [-0.2, 0) is 18.8 Å². The van der Waals surface area contributed by atoms with Crippen LogP contribution < -0.4 is 0 Å². The second-order valence-corrected chi connectivity index (χ2v) is 4.74. The topological polar surface area (TPSA) is 30.7 Å². The predicted octanol–water partition coefficient (Wildman–Crippen LogP) is 4.32. The Kier molecular flexibility index (Phi) is 6.03. The molecule has 2 heterocycles. The molecule has 3 rings (SSSR count). The van der Waals surface area contributed by atoms with Crippen molar-refractivity contribution in [1.82, 2.24) is 14.8 Å². The van der Waals surface area contributed by atoms with E-state index in [1.165, 1.54) is 4.68 Å². The van der Waals surface area contributed by atoms with E-state index in [1.807, 2.05) is 13.0 Å². The van der Waals surface area contributed by atoms with Gasteiger partial charge in [-0.1, -0.05) is 23.8 Å². The number of pyridine rings is 1. The molecule has 23 heavy (non-hydrogen) atoms.